The van der Waals surface area contributed by atoms with Crippen molar-refractivity contribution >= 4 is 16.8 Å². The smallest absolute Gasteiger partial charge is 0.225 e. The molecule has 2 fully saturated rings. The van der Waals surface area contributed by atoms with Gasteiger partial charge in [0.05, 0.1) is 0 Å². The van der Waals surface area contributed by atoms with E-state index in [4.69, 9.17) is 0 Å². The maximum atomic E-state index is 12.8. The van der Waals surface area contributed by atoms with E-state index >= 15 is 0 Å². The molecule has 1 saturated heterocycles. The summed E-state index contributed by atoms with van der Waals surface area (Å²) in [6, 6.07) is 12.7. The molecular weight excluding hydrogens is 346 g/mol. The highest BCUT2D eigenvalue weighted by molar-refractivity contribution is 5.97. The van der Waals surface area contributed by atoms with E-state index in [0.717, 1.165) is 38.8 Å². The Bertz CT molecular complexity index is 964. The SMILES string of the molecule is O=C(C1CCCC1)N1CCC(c2[nH]c3ccccc3c2-c2ccncc2)CC1. The molecule has 0 spiro atoms. The number of nitrogens with one attached hydrogen (secondary N) is 1. The lowest BCUT2D eigenvalue weighted by Crippen LogP contribution is -2.40. The van der Waals surface area contributed by atoms with E-state index in [1.165, 1.54) is 40.6 Å². The van der Waals surface area contributed by atoms with Gasteiger partial charge in [-0.25, -0.2) is 0 Å². The van der Waals surface area contributed by atoms with Crippen molar-refractivity contribution in [3.8, 4) is 11.1 Å². The van der Waals surface area contributed by atoms with Crippen molar-refractivity contribution in [3.05, 3.63) is 54.5 Å². The van der Waals surface area contributed by atoms with Gasteiger partial charge >= 0.3 is 0 Å². The molecule has 1 N–H and O–H groups in total. The summed E-state index contributed by atoms with van der Waals surface area (Å²) in [6.45, 7) is 1.76. The molecule has 4 nitrogen and oxygen atoms in total. The molecule has 3 aromatic rings. The lowest BCUT2D eigenvalue weighted by molar-refractivity contribution is -0.136. The Kier molecular flexibility index (Phi) is 4.63. The minimum absolute atomic E-state index is 0.289. The molecule has 3 heterocycles. The van der Waals surface area contributed by atoms with Crippen LogP contribution in [0.15, 0.2) is 48.8 Å². The van der Waals surface area contributed by atoms with E-state index in [2.05, 4.69) is 51.3 Å². The first-order valence-electron chi connectivity index (χ1n) is 10.6. The summed E-state index contributed by atoms with van der Waals surface area (Å²) in [5.74, 6) is 1.15. The fourth-order valence-electron chi connectivity index (χ4n) is 5.12. The molecule has 144 valence electrons. The predicted octanol–water partition coefficient (Wildman–Crippen LogP) is 5.13. The minimum Gasteiger partial charge on any atom is -0.358 e. The number of aromatic amines is 1. The van der Waals surface area contributed by atoms with Gasteiger partial charge in [0.2, 0.25) is 5.91 Å². The van der Waals surface area contributed by atoms with Crippen molar-refractivity contribution in [2.75, 3.05) is 13.1 Å². The second-order valence-electron chi connectivity index (χ2n) is 8.28. The maximum absolute atomic E-state index is 12.8. The van der Waals surface area contributed by atoms with Crippen LogP contribution in [0.2, 0.25) is 0 Å². The predicted molar refractivity (Wildman–Crippen MR) is 112 cm³/mol. The molecule has 1 aliphatic heterocycles. The summed E-state index contributed by atoms with van der Waals surface area (Å²) in [5.41, 5.74) is 5.03. The van der Waals surface area contributed by atoms with E-state index in [9.17, 15) is 4.79 Å². The normalized spacial score (nSPS) is 18.8. The van der Waals surface area contributed by atoms with Gasteiger partial charge in [0.15, 0.2) is 0 Å². The number of pyridine rings is 1. The Balaban J connectivity index is 1.42. The third-order valence-corrected chi connectivity index (χ3v) is 6.62. The molecule has 2 aromatic heterocycles. The van der Waals surface area contributed by atoms with Gasteiger partial charge in [-0.3, -0.25) is 9.78 Å². The van der Waals surface area contributed by atoms with Gasteiger partial charge in [-0.2, -0.15) is 0 Å². The molecule has 0 atom stereocenters. The van der Waals surface area contributed by atoms with Gasteiger partial charge in [0, 0.05) is 59.5 Å². The molecule has 0 radical (unpaired) electrons. The number of amides is 1. The fraction of sp³-hybridized carbons (Fsp3) is 0.417. The van der Waals surface area contributed by atoms with Crippen LogP contribution >= 0.6 is 0 Å². The Hall–Kier alpha value is -2.62. The minimum atomic E-state index is 0.289. The van der Waals surface area contributed by atoms with E-state index in [0.29, 0.717) is 11.8 Å². The van der Waals surface area contributed by atoms with Crippen LogP contribution in [0.1, 0.15) is 50.1 Å². The van der Waals surface area contributed by atoms with Crippen molar-refractivity contribution in [3.63, 3.8) is 0 Å². The van der Waals surface area contributed by atoms with Crippen LogP contribution in [0, 0.1) is 5.92 Å². The number of likely N-dealkylation sites (tertiary alicyclic amines) is 1. The summed E-state index contributed by atoms with van der Waals surface area (Å²) >= 11 is 0. The van der Waals surface area contributed by atoms with Gasteiger partial charge in [-0.15, -0.1) is 0 Å². The van der Waals surface area contributed by atoms with Crippen LogP contribution in [-0.4, -0.2) is 33.9 Å². The first-order valence-corrected chi connectivity index (χ1v) is 10.6. The molecule has 0 unspecified atom stereocenters. The molecule has 28 heavy (non-hydrogen) atoms. The fourth-order valence-corrected chi connectivity index (χ4v) is 5.12. The molecule has 2 aliphatic rings. The zero-order valence-electron chi connectivity index (χ0n) is 16.2. The van der Waals surface area contributed by atoms with Crippen LogP contribution in [0.25, 0.3) is 22.0 Å². The molecule has 5 rings (SSSR count). The van der Waals surface area contributed by atoms with Crippen molar-refractivity contribution in [1.29, 1.82) is 0 Å². The van der Waals surface area contributed by atoms with Crippen LogP contribution in [0.4, 0.5) is 0 Å². The zero-order chi connectivity index (χ0) is 18.9. The molecule has 4 heteroatoms. The topological polar surface area (TPSA) is 49.0 Å². The van der Waals surface area contributed by atoms with E-state index < -0.39 is 0 Å². The van der Waals surface area contributed by atoms with Crippen molar-refractivity contribution in [2.24, 2.45) is 5.92 Å². The number of hydrogen-bond acceptors (Lipinski definition) is 2. The second kappa shape index (κ2) is 7.42. The van der Waals surface area contributed by atoms with Crippen LogP contribution in [0.3, 0.4) is 0 Å². The molecule has 1 amide bonds. The average molecular weight is 374 g/mol. The van der Waals surface area contributed by atoms with Crippen molar-refractivity contribution in [1.82, 2.24) is 14.9 Å². The highest BCUT2D eigenvalue weighted by atomic mass is 16.2. The van der Waals surface area contributed by atoms with Gasteiger partial charge < -0.3 is 9.88 Å². The zero-order valence-corrected chi connectivity index (χ0v) is 16.2. The summed E-state index contributed by atoms with van der Waals surface area (Å²) in [6.07, 6.45) is 10.4. The number of fused-ring (bicyclic) bond motifs is 1. The molecule has 1 saturated carbocycles. The van der Waals surface area contributed by atoms with Gasteiger partial charge in [0.25, 0.3) is 0 Å². The Morgan fingerprint density at radius 2 is 1.68 bits per heavy atom. The largest absolute Gasteiger partial charge is 0.358 e. The number of benzene rings is 1. The number of aromatic nitrogens is 2. The number of nitrogens with zero attached hydrogens (tertiary/aromatic N) is 2. The number of H-pyrrole nitrogens is 1. The lowest BCUT2D eigenvalue weighted by atomic mass is 9.88. The number of carbonyl (C=O) groups excluding carboxylic acids is 1. The number of piperidine rings is 1. The summed E-state index contributed by atoms with van der Waals surface area (Å²) in [7, 11) is 0. The third kappa shape index (κ3) is 3.11. The monoisotopic (exact) mass is 373 g/mol. The molecule has 1 aromatic carbocycles. The number of para-hydroxylation sites is 1. The van der Waals surface area contributed by atoms with E-state index in [-0.39, 0.29) is 5.92 Å². The highest BCUT2D eigenvalue weighted by Crippen LogP contribution is 2.40. The number of carbonyl (C=O) groups is 1. The average Bonchev–Trinajstić information content (AvgIpc) is 3.42. The maximum Gasteiger partial charge on any atom is 0.225 e. The summed E-state index contributed by atoms with van der Waals surface area (Å²) in [5, 5.41) is 1.27. The highest BCUT2D eigenvalue weighted by Gasteiger charge is 2.31. The van der Waals surface area contributed by atoms with Gasteiger partial charge in [0.1, 0.15) is 0 Å². The Labute approximate surface area is 166 Å². The van der Waals surface area contributed by atoms with E-state index in [1.807, 2.05) is 12.4 Å². The van der Waals surface area contributed by atoms with Gasteiger partial charge in [-0.1, -0.05) is 31.0 Å². The van der Waals surface area contributed by atoms with Crippen LogP contribution < -0.4 is 0 Å². The lowest BCUT2D eigenvalue weighted by Gasteiger charge is -2.33. The molecular formula is C24H27N3O. The summed E-state index contributed by atoms with van der Waals surface area (Å²) in [4.78, 5) is 22.8. The second-order valence-corrected chi connectivity index (χ2v) is 8.28. The first-order chi connectivity index (χ1) is 13.8. The Morgan fingerprint density at radius 3 is 2.43 bits per heavy atom. The van der Waals surface area contributed by atoms with Crippen molar-refractivity contribution in [2.45, 2.75) is 44.4 Å². The summed E-state index contributed by atoms with van der Waals surface area (Å²) < 4.78 is 0. The quantitative estimate of drug-likeness (QED) is 0.692. The van der Waals surface area contributed by atoms with E-state index in [1.54, 1.807) is 0 Å². The standard InChI is InChI=1S/C24H27N3O/c28-24(19-5-1-2-6-19)27-15-11-18(12-16-27)23-22(17-9-13-25-14-10-17)20-7-3-4-8-21(20)26-23/h3-4,7-10,13-14,18-19,26H,1-2,5-6,11-12,15-16H2. The van der Waals surface area contributed by atoms with Crippen molar-refractivity contribution < 1.29 is 4.79 Å². The first kappa shape index (κ1) is 17.5. The molecule has 0 bridgehead atoms. The van der Waals surface area contributed by atoms with Crippen LogP contribution in [-0.2, 0) is 4.79 Å². The third-order valence-electron chi connectivity index (χ3n) is 6.62. The molecule has 1 aliphatic carbocycles. The van der Waals surface area contributed by atoms with Crippen LogP contribution in [0.5, 0.6) is 0 Å². The number of rotatable bonds is 3. The number of hydrogen-bond donors (Lipinski definition) is 1. The Morgan fingerprint density at radius 1 is 0.964 bits per heavy atom. The van der Waals surface area contributed by atoms with Gasteiger partial charge in [-0.05, 0) is 49.4 Å².